The van der Waals surface area contributed by atoms with E-state index in [1.807, 2.05) is 0 Å². The molecule has 0 aromatic rings. The Morgan fingerprint density at radius 2 is 1.25 bits per heavy atom. The summed E-state index contributed by atoms with van der Waals surface area (Å²) in [4.78, 5) is 0. The van der Waals surface area contributed by atoms with Gasteiger partial charge in [-0.25, -0.2) is 0 Å². The van der Waals surface area contributed by atoms with Gasteiger partial charge in [-0.3, -0.25) is 0 Å². The second-order valence-electron chi connectivity index (χ2n) is 5.29. The first-order valence-corrected chi connectivity index (χ1v) is 5.31. The normalized spacial score (nSPS) is 56.7. The van der Waals surface area contributed by atoms with Gasteiger partial charge in [0.15, 0.2) is 5.66 Å². The number of hydrogen-bond donors (Lipinski definition) is 0. The van der Waals surface area contributed by atoms with E-state index < -0.39 is 0 Å². The van der Waals surface area contributed by atoms with E-state index in [0.717, 1.165) is 23.7 Å². The summed E-state index contributed by atoms with van der Waals surface area (Å²) in [5, 5.41) is 8.72. The van der Waals surface area contributed by atoms with Crippen molar-refractivity contribution in [2.75, 3.05) is 0 Å². The Morgan fingerprint density at radius 3 is 1.67 bits per heavy atom. The topological polar surface area (TPSA) is 24.7 Å². The van der Waals surface area contributed by atoms with Crippen LogP contribution in [0.15, 0.2) is 10.2 Å². The lowest BCUT2D eigenvalue weighted by atomic mass is 9.52. The van der Waals surface area contributed by atoms with Gasteiger partial charge in [-0.05, 0) is 43.9 Å². The first-order valence-electron chi connectivity index (χ1n) is 5.31. The second-order valence-corrected chi connectivity index (χ2v) is 5.29. The Morgan fingerprint density at radius 1 is 0.750 bits per heavy atom. The molecule has 1 aliphatic heterocycles. The molecule has 4 aliphatic carbocycles. The molecule has 2 heteroatoms. The lowest BCUT2D eigenvalue weighted by Gasteiger charge is -2.52. The minimum atomic E-state index is 0.202. The quantitative estimate of drug-likeness (QED) is 0.523. The summed E-state index contributed by atoms with van der Waals surface area (Å²) in [7, 11) is 0. The van der Waals surface area contributed by atoms with Gasteiger partial charge in [-0.15, -0.1) is 0 Å². The predicted molar refractivity (Wildman–Crippen MR) is 44.6 cm³/mol. The predicted octanol–water partition coefficient (Wildman–Crippen LogP) is 2.60. The van der Waals surface area contributed by atoms with Crippen molar-refractivity contribution in [2.45, 2.75) is 37.8 Å². The molecule has 0 unspecified atom stereocenters. The van der Waals surface area contributed by atoms with Gasteiger partial charge in [0.1, 0.15) is 0 Å². The lowest BCUT2D eigenvalue weighted by molar-refractivity contribution is -0.0208. The van der Waals surface area contributed by atoms with Crippen LogP contribution in [-0.2, 0) is 0 Å². The highest BCUT2D eigenvalue weighted by molar-refractivity contribution is 5.13. The molecule has 5 rings (SSSR count). The van der Waals surface area contributed by atoms with Crippen LogP contribution >= 0.6 is 0 Å². The van der Waals surface area contributed by atoms with Crippen LogP contribution in [0.5, 0.6) is 0 Å². The third-order valence-electron chi connectivity index (χ3n) is 4.67. The molecule has 0 radical (unpaired) electrons. The van der Waals surface area contributed by atoms with Crippen molar-refractivity contribution in [3.63, 3.8) is 0 Å². The van der Waals surface area contributed by atoms with Gasteiger partial charge in [-0.1, -0.05) is 0 Å². The average molecular weight is 162 g/mol. The molecule has 0 N–H and O–H groups in total. The summed E-state index contributed by atoms with van der Waals surface area (Å²) in [5.74, 6) is 3.86. The standard InChI is InChI=1S/C10H14N2/c1-6-2-8-4-7(1)5-9(3-6)10(8)11-12-10/h6-9H,1-5H2. The Hall–Kier alpha value is -0.400. The van der Waals surface area contributed by atoms with Crippen LogP contribution in [0.25, 0.3) is 0 Å². The monoisotopic (exact) mass is 162 g/mol. The number of rotatable bonds is 0. The van der Waals surface area contributed by atoms with Crippen LogP contribution < -0.4 is 0 Å². The summed E-state index contributed by atoms with van der Waals surface area (Å²) < 4.78 is 0. The van der Waals surface area contributed by atoms with Crippen molar-refractivity contribution in [1.29, 1.82) is 0 Å². The highest BCUT2D eigenvalue weighted by atomic mass is 15.5. The molecule has 1 spiro atoms. The summed E-state index contributed by atoms with van der Waals surface area (Å²) >= 11 is 0. The molecule has 1 heterocycles. The minimum Gasteiger partial charge on any atom is -0.158 e. The molecule has 4 saturated carbocycles. The summed E-state index contributed by atoms with van der Waals surface area (Å²) in [6.45, 7) is 0. The smallest absolute Gasteiger partial charge is 0.158 e. The van der Waals surface area contributed by atoms with Gasteiger partial charge in [-0.2, -0.15) is 10.2 Å². The summed E-state index contributed by atoms with van der Waals surface area (Å²) in [6, 6.07) is 0. The third kappa shape index (κ3) is 0.530. The summed E-state index contributed by atoms with van der Waals surface area (Å²) in [6.07, 6.45) is 7.31. The highest BCUT2D eigenvalue weighted by Gasteiger charge is 2.63. The van der Waals surface area contributed by atoms with E-state index in [1.165, 1.54) is 32.1 Å². The van der Waals surface area contributed by atoms with Gasteiger partial charge >= 0.3 is 0 Å². The molecule has 4 fully saturated rings. The Bertz CT molecular complexity index is 233. The van der Waals surface area contributed by atoms with Gasteiger partial charge < -0.3 is 0 Å². The van der Waals surface area contributed by atoms with Crippen molar-refractivity contribution >= 4 is 0 Å². The van der Waals surface area contributed by atoms with E-state index >= 15 is 0 Å². The van der Waals surface area contributed by atoms with E-state index in [4.69, 9.17) is 0 Å². The van der Waals surface area contributed by atoms with E-state index in [1.54, 1.807) is 0 Å². The summed E-state index contributed by atoms with van der Waals surface area (Å²) in [5.41, 5.74) is 0.202. The molecule has 0 amide bonds. The SMILES string of the molecule is C1C2CC3CC1CC(C2)C31N=N1. The van der Waals surface area contributed by atoms with Crippen LogP contribution in [0.2, 0.25) is 0 Å². The Balaban J connectivity index is 1.78. The fourth-order valence-corrected chi connectivity index (χ4v) is 4.26. The van der Waals surface area contributed by atoms with Gasteiger partial charge in [0, 0.05) is 11.8 Å². The van der Waals surface area contributed by atoms with E-state index in [-0.39, 0.29) is 5.66 Å². The van der Waals surface area contributed by atoms with E-state index in [0.29, 0.717) is 0 Å². The molecule has 0 aromatic carbocycles. The molecular formula is C10H14N2. The fourth-order valence-electron chi connectivity index (χ4n) is 4.26. The molecular weight excluding hydrogens is 148 g/mol. The molecule has 0 saturated heterocycles. The van der Waals surface area contributed by atoms with Gasteiger partial charge in [0.25, 0.3) is 0 Å². The van der Waals surface area contributed by atoms with Gasteiger partial charge in [0.2, 0.25) is 0 Å². The molecule has 4 bridgehead atoms. The van der Waals surface area contributed by atoms with Crippen molar-refractivity contribution in [3.8, 4) is 0 Å². The Labute approximate surface area is 72.4 Å². The first kappa shape index (κ1) is 6.11. The minimum absolute atomic E-state index is 0.202. The van der Waals surface area contributed by atoms with E-state index in [9.17, 15) is 0 Å². The molecule has 12 heavy (non-hydrogen) atoms. The third-order valence-corrected chi connectivity index (χ3v) is 4.67. The largest absolute Gasteiger partial charge is 0.196 e. The van der Waals surface area contributed by atoms with Crippen molar-refractivity contribution < 1.29 is 0 Å². The van der Waals surface area contributed by atoms with Crippen molar-refractivity contribution in [2.24, 2.45) is 33.9 Å². The maximum absolute atomic E-state index is 4.36. The highest BCUT2D eigenvalue weighted by Crippen LogP contribution is 2.64. The van der Waals surface area contributed by atoms with Gasteiger partial charge in [0.05, 0.1) is 0 Å². The van der Waals surface area contributed by atoms with Crippen LogP contribution in [-0.4, -0.2) is 5.66 Å². The van der Waals surface area contributed by atoms with Crippen LogP contribution in [0.4, 0.5) is 0 Å². The van der Waals surface area contributed by atoms with Crippen LogP contribution in [0.3, 0.4) is 0 Å². The molecule has 0 aromatic heterocycles. The molecule has 64 valence electrons. The second kappa shape index (κ2) is 1.61. The number of nitrogens with zero attached hydrogens (tertiary/aromatic N) is 2. The van der Waals surface area contributed by atoms with Crippen molar-refractivity contribution in [1.82, 2.24) is 0 Å². The maximum Gasteiger partial charge on any atom is 0.196 e. The van der Waals surface area contributed by atoms with Crippen molar-refractivity contribution in [3.05, 3.63) is 0 Å². The fraction of sp³-hybridized carbons (Fsp3) is 1.00. The maximum atomic E-state index is 4.36. The molecule has 2 nitrogen and oxygen atoms in total. The molecule has 0 atom stereocenters. The van der Waals surface area contributed by atoms with Crippen LogP contribution in [0, 0.1) is 23.7 Å². The van der Waals surface area contributed by atoms with Crippen LogP contribution in [0.1, 0.15) is 32.1 Å². The average Bonchev–Trinajstić information content (AvgIpc) is 2.79. The Kier molecular flexibility index (Phi) is 0.823. The zero-order valence-corrected chi connectivity index (χ0v) is 7.24. The first-order chi connectivity index (χ1) is 5.87. The van der Waals surface area contributed by atoms with E-state index in [2.05, 4.69) is 10.2 Å². The lowest BCUT2D eigenvalue weighted by Crippen LogP contribution is -2.50. The number of hydrogen-bond acceptors (Lipinski definition) is 2. The zero-order chi connectivity index (χ0) is 7.76. The molecule has 5 aliphatic rings. The zero-order valence-electron chi connectivity index (χ0n) is 7.24.